The van der Waals surface area contributed by atoms with Gasteiger partial charge in [0, 0.05) is 18.2 Å². The fraction of sp³-hybridized carbons (Fsp3) is 0.526. The van der Waals surface area contributed by atoms with Crippen LogP contribution in [0.4, 0.5) is 0 Å². The molecule has 0 bridgehead atoms. The van der Waals surface area contributed by atoms with Crippen molar-refractivity contribution in [3.63, 3.8) is 0 Å². The number of aryl methyl sites for hydroxylation is 1. The highest BCUT2D eigenvalue weighted by Gasteiger charge is 2.23. The average molecular weight is 359 g/mol. The molecular weight excluding hydrogens is 332 g/mol. The van der Waals surface area contributed by atoms with E-state index in [1.54, 1.807) is 0 Å². The zero-order valence-electron chi connectivity index (χ0n) is 15.2. The van der Waals surface area contributed by atoms with Gasteiger partial charge in [-0.05, 0) is 39.7 Å². The number of aromatic nitrogens is 3. The Morgan fingerprint density at radius 1 is 1.36 bits per heavy atom. The van der Waals surface area contributed by atoms with Crippen LogP contribution in [0.5, 0.6) is 0 Å². The highest BCUT2D eigenvalue weighted by atomic mass is 32.2. The zero-order valence-corrected chi connectivity index (χ0v) is 16.0. The number of thioether (sulfide) groups is 1. The molecule has 2 aromatic rings. The van der Waals surface area contributed by atoms with Gasteiger partial charge < -0.3 is 9.88 Å². The fourth-order valence-corrected chi connectivity index (χ4v) is 4.18. The molecule has 0 spiro atoms. The fourth-order valence-electron chi connectivity index (χ4n) is 3.26. The monoisotopic (exact) mass is 358 g/mol. The van der Waals surface area contributed by atoms with Crippen molar-refractivity contribution < 1.29 is 4.79 Å². The van der Waals surface area contributed by atoms with E-state index in [0.29, 0.717) is 6.04 Å². The summed E-state index contributed by atoms with van der Waals surface area (Å²) in [7, 11) is 0. The van der Waals surface area contributed by atoms with Crippen molar-refractivity contribution in [2.45, 2.75) is 69.4 Å². The molecule has 1 atom stereocenters. The molecule has 134 valence electrons. The molecule has 0 saturated heterocycles. The van der Waals surface area contributed by atoms with Crippen LogP contribution in [0.15, 0.2) is 29.4 Å². The Labute approximate surface area is 153 Å². The van der Waals surface area contributed by atoms with Crippen molar-refractivity contribution in [1.29, 1.82) is 0 Å². The number of hydrogen-bond acceptors (Lipinski definition) is 4. The van der Waals surface area contributed by atoms with Gasteiger partial charge in [0.25, 0.3) is 0 Å². The van der Waals surface area contributed by atoms with Crippen LogP contribution in [0.2, 0.25) is 0 Å². The van der Waals surface area contributed by atoms with E-state index in [4.69, 9.17) is 0 Å². The van der Waals surface area contributed by atoms with Gasteiger partial charge in [0.1, 0.15) is 0 Å². The number of carbonyl (C=O) groups is 1. The molecule has 1 heterocycles. The first-order valence-electron chi connectivity index (χ1n) is 9.05. The van der Waals surface area contributed by atoms with E-state index in [0.717, 1.165) is 35.9 Å². The van der Waals surface area contributed by atoms with Crippen LogP contribution in [0.25, 0.3) is 11.4 Å². The van der Waals surface area contributed by atoms with Gasteiger partial charge >= 0.3 is 0 Å². The van der Waals surface area contributed by atoms with Crippen molar-refractivity contribution in [2.24, 2.45) is 0 Å². The quantitative estimate of drug-likeness (QED) is 0.798. The lowest BCUT2D eigenvalue weighted by atomic mass is 10.1. The van der Waals surface area contributed by atoms with Crippen molar-refractivity contribution >= 4 is 17.7 Å². The second kappa shape index (κ2) is 8.04. The second-order valence-corrected chi connectivity index (χ2v) is 7.98. The molecule has 3 rings (SSSR count). The summed E-state index contributed by atoms with van der Waals surface area (Å²) in [5, 5.41) is 12.5. The minimum Gasteiger partial charge on any atom is -0.352 e. The van der Waals surface area contributed by atoms with Gasteiger partial charge in [0.2, 0.25) is 5.91 Å². The van der Waals surface area contributed by atoms with Gasteiger partial charge in [-0.3, -0.25) is 4.79 Å². The van der Waals surface area contributed by atoms with Crippen molar-refractivity contribution in [3.05, 3.63) is 29.8 Å². The van der Waals surface area contributed by atoms with Gasteiger partial charge in [-0.15, -0.1) is 10.2 Å². The van der Waals surface area contributed by atoms with Gasteiger partial charge in [0.05, 0.1) is 5.25 Å². The summed E-state index contributed by atoms with van der Waals surface area (Å²) >= 11 is 1.48. The lowest BCUT2D eigenvalue weighted by Gasteiger charge is -2.16. The van der Waals surface area contributed by atoms with Crippen LogP contribution in [-0.4, -0.2) is 32.0 Å². The number of benzene rings is 1. The van der Waals surface area contributed by atoms with E-state index in [-0.39, 0.29) is 11.2 Å². The summed E-state index contributed by atoms with van der Waals surface area (Å²) in [4.78, 5) is 12.4. The van der Waals surface area contributed by atoms with Crippen LogP contribution >= 0.6 is 11.8 Å². The number of hydrogen-bond donors (Lipinski definition) is 1. The second-order valence-electron chi connectivity index (χ2n) is 6.67. The average Bonchev–Trinajstić information content (AvgIpc) is 3.24. The number of nitrogens with one attached hydrogen (secondary N) is 1. The first kappa shape index (κ1) is 18.0. The molecule has 1 saturated carbocycles. The molecule has 1 amide bonds. The maximum atomic E-state index is 12.4. The Bertz CT molecular complexity index is 737. The standard InChI is InChI=1S/C19H26N4OS/c1-4-23-17(15-9-7-8-13(2)12-15)21-22-19(23)25-14(3)18(24)20-16-10-5-6-11-16/h7-9,12,14,16H,4-6,10-11H2,1-3H3,(H,20,24). The Morgan fingerprint density at radius 3 is 2.80 bits per heavy atom. The van der Waals surface area contributed by atoms with Gasteiger partial charge in [0.15, 0.2) is 11.0 Å². The minimum atomic E-state index is -0.180. The number of rotatable bonds is 6. The Morgan fingerprint density at radius 2 is 2.12 bits per heavy atom. The van der Waals surface area contributed by atoms with Crippen molar-refractivity contribution in [3.8, 4) is 11.4 Å². The van der Waals surface area contributed by atoms with E-state index in [1.807, 2.05) is 19.1 Å². The maximum absolute atomic E-state index is 12.4. The highest BCUT2D eigenvalue weighted by Crippen LogP contribution is 2.27. The molecule has 1 aromatic carbocycles. The summed E-state index contributed by atoms with van der Waals surface area (Å²) < 4.78 is 2.08. The van der Waals surface area contributed by atoms with E-state index in [2.05, 4.69) is 46.1 Å². The number of nitrogens with zero attached hydrogens (tertiary/aromatic N) is 3. The first-order valence-corrected chi connectivity index (χ1v) is 9.93. The van der Waals surface area contributed by atoms with Crippen LogP contribution in [-0.2, 0) is 11.3 Å². The molecule has 1 aliphatic carbocycles. The lowest BCUT2D eigenvalue weighted by Crippen LogP contribution is -2.37. The minimum absolute atomic E-state index is 0.0969. The molecule has 1 fully saturated rings. The molecule has 1 aromatic heterocycles. The molecule has 5 nitrogen and oxygen atoms in total. The maximum Gasteiger partial charge on any atom is 0.233 e. The first-order chi connectivity index (χ1) is 12.1. The van der Waals surface area contributed by atoms with E-state index in [9.17, 15) is 4.79 Å². The predicted molar refractivity (Wildman–Crippen MR) is 102 cm³/mol. The zero-order chi connectivity index (χ0) is 17.8. The molecule has 6 heteroatoms. The molecular formula is C19H26N4OS. The SMILES string of the molecule is CCn1c(SC(C)C(=O)NC2CCCC2)nnc1-c1cccc(C)c1. The van der Waals surface area contributed by atoms with Crippen molar-refractivity contribution in [1.82, 2.24) is 20.1 Å². The highest BCUT2D eigenvalue weighted by molar-refractivity contribution is 8.00. The third kappa shape index (κ3) is 4.24. The Balaban J connectivity index is 1.73. The summed E-state index contributed by atoms with van der Waals surface area (Å²) in [5.41, 5.74) is 2.26. The molecule has 25 heavy (non-hydrogen) atoms. The molecule has 0 radical (unpaired) electrons. The summed E-state index contributed by atoms with van der Waals surface area (Å²) in [6.07, 6.45) is 4.64. The van der Waals surface area contributed by atoms with Crippen LogP contribution in [0, 0.1) is 6.92 Å². The summed E-state index contributed by atoms with van der Waals surface area (Å²) in [5.74, 6) is 0.955. The topological polar surface area (TPSA) is 59.8 Å². The van der Waals surface area contributed by atoms with E-state index < -0.39 is 0 Å². The van der Waals surface area contributed by atoms with Crippen LogP contribution in [0.1, 0.15) is 45.1 Å². The van der Waals surface area contributed by atoms with Crippen LogP contribution in [0.3, 0.4) is 0 Å². The third-order valence-electron chi connectivity index (χ3n) is 4.66. The number of carbonyl (C=O) groups excluding carboxylic acids is 1. The Hall–Kier alpha value is -1.82. The predicted octanol–water partition coefficient (Wildman–Crippen LogP) is 3.81. The van der Waals surface area contributed by atoms with Crippen LogP contribution < -0.4 is 5.32 Å². The molecule has 0 aliphatic heterocycles. The van der Waals surface area contributed by atoms with Crippen molar-refractivity contribution in [2.75, 3.05) is 0 Å². The summed E-state index contributed by atoms with van der Waals surface area (Å²) in [6, 6.07) is 8.61. The largest absolute Gasteiger partial charge is 0.352 e. The Kier molecular flexibility index (Phi) is 5.78. The smallest absolute Gasteiger partial charge is 0.233 e. The normalized spacial score (nSPS) is 16.1. The molecule has 1 aliphatic rings. The third-order valence-corrected chi connectivity index (χ3v) is 5.74. The lowest BCUT2D eigenvalue weighted by molar-refractivity contribution is -0.120. The molecule has 1 unspecified atom stereocenters. The van der Waals surface area contributed by atoms with E-state index >= 15 is 0 Å². The van der Waals surface area contributed by atoms with Gasteiger partial charge in [-0.1, -0.05) is 48.4 Å². The van der Waals surface area contributed by atoms with E-state index in [1.165, 1.54) is 30.2 Å². The number of amides is 1. The van der Waals surface area contributed by atoms with Gasteiger partial charge in [-0.2, -0.15) is 0 Å². The van der Waals surface area contributed by atoms with Gasteiger partial charge in [-0.25, -0.2) is 0 Å². The summed E-state index contributed by atoms with van der Waals surface area (Å²) in [6.45, 7) is 6.86. The molecule has 1 N–H and O–H groups in total.